The molecule has 0 aromatic heterocycles. The van der Waals surface area contributed by atoms with Gasteiger partial charge in [0.25, 0.3) is 0 Å². The molecule has 0 saturated carbocycles. The summed E-state index contributed by atoms with van der Waals surface area (Å²) in [6, 6.07) is 0. The van der Waals surface area contributed by atoms with Gasteiger partial charge in [-0.15, -0.1) is 0 Å². The molecule has 4 nitrogen and oxygen atoms in total. The predicted molar refractivity (Wildman–Crippen MR) is 77.3 cm³/mol. The molecule has 1 aliphatic heterocycles. The Bertz CT molecular complexity index is 365. The molecule has 20 heavy (non-hydrogen) atoms. The van der Waals surface area contributed by atoms with Gasteiger partial charge in [-0.2, -0.15) is 0 Å². The Labute approximate surface area is 122 Å². The average Bonchev–Trinajstić information content (AvgIpc) is 2.22. The molecule has 0 radical (unpaired) electrons. The first-order chi connectivity index (χ1) is 9.00. The van der Waals surface area contributed by atoms with Crippen molar-refractivity contribution in [3.8, 4) is 0 Å². The van der Waals surface area contributed by atoms with Crippen LogP contribution in [0.25, 0.3) is 0 Å². The third-order valence-corrected chi connectivity index (χ3v) is 3.55. The maximum atomic E-state index is 12.2. The fourth-order valence-corrected chi connectivity index (χ4v) is 2.57. The Morgan fingerprint density at radius 3 is 2.55 bits per heavy atom. The maximum absolute atomic E-state index is 12.2. The lowest BCUT2D eigenvalue weighted by Gasteiger charge is -2.34. The third kappa shape index (κ3) is 5.61. The zero-order chi connectivity index (χ0) is 15.6. The van der Waals surface area contributed by atoms with Crippen molar-refractivity contribution in [3.05, 3.63) is 0 Å². The minimum atomic E-state index is -0.490. The molecule has 2 atom stereocenters. The molecule has 0 spiro atoms. The van der Waals surface area contributed by atoms with E-state index < -0.39 is 5.60 Å². The molecule has 116 valence electrons. The summed E-state index contributed by atoms with van der Waals surface area (Å²) in [4.78, 5) is 24.0. The number of hydrogen-bond acceptors (Lipinski definition) is 4. The highest BCUT2D eigenvalue weighted by Crippen LogP contribution is 2.34. The molecular weight excluding hydrogens is 256 g/mol. The van der Waals surface area contributed by atoms with Crippen LogP contribution < -0.4 is 0 Å². The molecule has 4 heteroatoms. The Balaban J connectivity index is 2.78. The monoisotopic (exact) mass is 284 g/mol. The topological polar surface area (TPSA) is 52.6 Å². The molecular formula is C16H28O4. The second kappa shape index (κ2) is 6.25. The Morgan fingerprint density at radius 1 is 1.40 bits per heavy atom. The van der Waals surface area contributed by atoms with Crippen LogP contribution in [0.4, 0.5) is 0 Å². The molecule has 0 aromatic rings. The molecule has 2 unspecified atom stereocenters. The lowest BCUT2D eigenvalue weighted by atomic mass is 9.75. The Morgan fingerprint density at radius 2 is 2.00 bits per heavy atom. The van der Waals surface area contributed by atoms with E-state index in [1.165, 1.54) is 0 Å². The first-order valence-electron chi connectivity index (χ1n) is 7.32. The number of Topliss-reactive ketones (excluding diaryl/α,β-unsaturated/α-hetero) is 1. The normalized spacial score (nSPS) is 25.5. The van der Waals surface area contributed by atoms with Crippen LogP contribution in [0.5, 0.6) is 0 Å². The zero-order valence-corrected chi connectivity index (χ0v) is 13.6. The van der Waals surface area contributed by atoms with Gasteiger partial charge in [-0.05, 0) is 38.5 Å². The van der Waals surface area contributed by atoms with Crippen molar-refractivity contribution in [2.24, 2.45) is 17.3 Å². The van der Waals surface area contributed by atoms with Gasteiger partial charge in [0.05, 0.1) is 12.5 Å². The number of ether oxygens (including phenoxy) is 2. The first kappa shape index (κ1) is 17.2. The standard InChI is InChI=1S/C16H28O4/c1-11(14(18)20-15(2,3)4)12-7-13(17)9-19-10-16(5,6)8-12/h11-12H,7-10H2,1-6H3. The van der Waals surface area contributed by atoms with E-state index in [0.717, 1.165) is 6.42 Å². The fraction of sp³-hybridized carbons (Fsp3) is 0.875. The summed E-state index contributed by atoms with van der Waals surface area (Å²) < 4.78 is 10.9. The van der Waals surface area contributed by atoms with Crippen LogP contribution >= 0.6 is 0 Å². The van der Waals surface area contributed by atoms with Gasteiger partial charge in [-0.25, -0.2) is 0 Å². The number of carbonyl (C=O) groups excluding carboxylic acids is 2. The summed E-state index contributed by atoms with van der Waals surface area (Å²) in [7, 11) is 0. The van der Waals surface area contributed by atoms with Crippen LogP contribution in [-0.2, 0) is 19.1 Å². The molecule has 1 rings (SSSR count). The second-order valence-electron chi connectivity index (χ2n) is 7.69. The van der Waals surface area contributed by atoms with Crippen molar-refractivity contribution in [2.75, 3.05) is 13.2 Å². The van der Waals surface area contributed by atoms with Crippen LogP contribution in [0, 0.1) is 17.3 Å². The predicted octanol–water partition coefficient (Wildman–Crippen LogP) is 2.99. The zero-order valence-electron chi connectivity index (χ0n) is 13.6. The molecule has 1 saturated heterocycles. The Hall–Kier alpha value is -0.900. The van der Waals surface area contributed by atoms with E-state index >= 15 is 0 Å². The SMILES string of the molecule is CC(C(=O)OC(C)(C)C)C1CC(=O)COCC(C)(C)C1. The molecule has 1 aliphatic rings. The molecule has 0 bridgehead atoms. The number of carbonyl (C=O) groups is 2. The van der Waals surface area contributed by atoms with Crippen LogP contribution in [0.3, 0.4) is 0 Å². The lowest BCUT2D eigenvalue weighted by Crippen LogP contribution is -2.37. The van der Waals surface area contributed by atoms with Gasteiger partial charge in [0.1, 0.15) is 12.2 Å². The third-order valence-electron chi connectivity index (χ3n) is 3.55. The van der Waals surface area contributed by atoms with E-state index in [1.807, 2.05) is 27.7 Å². The van der Waals surface area contributed by atoms with E-state index in [0.29, 0.717) is 13.0 Å². The van der Waals surface area contributed by atoms with Crippen LogP contribution in [0.2, 0.25) is 0 Å². The van der Waals surface area contributed by atoms with Gasteiger partial charge in [0, 0.05) is 6.42 Å². The summed E-state index contributed by atoms with van der Waals surface area (Å²) in [5.41, 5.74) is -0.517. The van der Waals surface area contributed by atoms with Gasteiger partial charge >= 0.3 is 5.97 Å². The van der Waals surface area contributed by atoms with Gasteiger partial charge < -0.3 is 9.47 Å². The minimum Gasteiger partial charge on any atom is -0.460 e. The summed E-state index contributed by atoms with van der Waals surface area (Å²) in [6.45, 7) is 12.4. The van der Waals surface area contributed by atoms with Gasteiger partial charge in [0.2, 0.25) is 0 Å². The van der Waals surface area contributed by atoms with Crippen molar-refractivity contribution >= 4 is 11.8 Å². The smallest absolute Gasteiger partial charge is 0.309 e. The van der Waals surface area contributed by atoms with Gasteiger partial charge in [-0.1, -0.05) is 20.8 Å². The highest BCUT2D eigenvalue weighted by Gasteiger charge is 2.35. The molecule has 0 aromatic carbocycles. The van der Waals surface area contributed by atoms with E-state index in [4.69, 9.17) is 9.47 Å². The van der Waals surface area contributed by atoms with Crippen LogP contribution in [0.1, 0.15) is 54.4 Å². The number of hydrogen-bond donors (Lipinski definition) is 0. The van der Waals surface area contributed by atoms with E-state index in [9.17, 15) is 9.59 Å². The number of esters is 1. The quantitative estimate of drug-likeness (QED) is 0.731. The van der Waals surface area contributed by atoms with Crippen molar-refractivity contribution in [3.63, 3.8) is 0 Å². The lowest BCUT2D eigenvalue weighted by molar-refractivity contribution is -0.162. The van der Waals surface area contributed by atoms with Crippen molar-refractivity contribution in [2.45, 2.75) is 60.0 Å². The van der Waals surface area contributed by atoms with E-state index in [-0.39, 0.29) is 35.6 Å². The number of rotatable bonds is 2. The number of ketones is 1. The molecule has 0 N–H and O–H groups in total. The molecule has 1 fully saturated rings. The van der Waals surface area contributed by atoms with Crippen molar-refractivity contribution < 1.29 is 19.1 Å². The maximum Gasteiger partial charge on any atom is 0.309 e. The summed E-state index contributed by atoms with van der Waals surface area (Å²) >= 11 is 0. The highest BCUT2D eigenvalue weighted by molar-refractivity contribution is 5.81. The van der Waals surface area contributed by atoms with Crippen molar-refractivity contribution in [1.29, 1.82) is 0 Å². The van der Waals surface area contributed by atoms with Gasteiger partial charge in [0.15, 0.2) is 5.78 Å². The minimum absolute atomic E-state index is 0.0243. The highest BCUT2D eigenvalue weighted by atomic mass is 16.6. The van der Waals surface area contributed by atoms with E-state index in [1.54, 1.807) is 0 Å². The summed E-state index contributed by atoms with van der Waals surface area (Å²) in [5.74, 6) is -0.389. The van der Waals surface area contributed by atoms with E-state index in [2.05, 4.69) is 13.8 Å². The van der Waals surface area contributed by atoms with Crippen LogP contribution in [0.15, 0.2) is 0 Å². The average molecular weight is 284 g/mol. The molecule has 0 amide bonds. The summed E-state index contributed by atoms with van der Waals surface area (Å²) in [5, 5.41) is 0. The largest absolute Gasteiger partial charge is 0.460 e. The van der Waals surface area contributed by atoms with Gasteiger partial charge in [-0.3, -0.25) is 9.59 Å². The second-order valence-corrected chi connectivity index (χ2v) is 7.69. The fourth-order valence-electron chi connectivity index (χ4n) is 2.57. The molecule has 1 heterocycles. The summed E-state index contributed by atoms with van der Waals surface area (Å²) in [6.07, 6.45) is 1.18. The van der Waals surface area contributed by atoms with Crippen molar-refractivity contribution in [1.82, 2.24) is 0 Å². The van der Waals surface area contributed by atoms with Crippen LogP contribution in [-0.4, -0.2) is 30.6 Å². The first-order valence-corrected chi connectivity index (χ1v) is 7.32. The molecule has 0 aliphatic carbocycles. The Kier molecular flexibility index (Phi) is 5.36.